The molecule has 1 aromatic heterocycles. The number of carbonyl (C=O) groups is 2. The monoisotopic (exact) mass is 475 g/mol. The summed E-state index contributed by atoms with van der Waals surface area (Å²) in [5, 5.41) is 1.05. The third kappa shape index (κ3) is 3.48. The Morgan fingerprint density at radius 3 is 2.57 bits per heavy atom. The van der Waals surface area contributed by atoms with Crippen LogP contribution in [0.25, 0.3) is 10.9 Å². The summed E-state index contributed by atoms with van der Waals surface area (Å²) in [6.45, 7) is 7.23. The second kappa shape index (κ2) is 8.63. The summed E-state index contributed by atoms with van der Waals surface area (Å²) in [6.07, 6.45) is 0.859. The van der Waals surface area contributed by atoms with Crippen LogP contribution in [-0.2, 0) is 15.1 Å². The number of nitrogens with zero attached hydrogens (tertiary/aromatic N) is 2. The molecule has 0 spiro atoms. The van der Waals surface area contributed by atoms with Gasteiger partial charge in [0, 0.05) is 35.5 Å². The van der Waals surface area contributed by atoms with Crippen molar-refractivity contribution >= 4 is 22.7 Å². The van der Waals surface area contributed by atoms with Gasteiger partial charge in [0.05, 0.1) is 26.5 Å². The Morgan fingerprint density at radius 2 is 1.86 bits per heavy atom. The number of hydrogen-bond donors (Lipinski definition) is 1. The number of aromatic amines is 1. The Morgan fingerprint density at radius 1 is 1.09 bits per heavy atom. The molecule has 0 radical (unpaired) electrons. The van der Waals surface area contributed by atoms with Crippen LogP contribution in [0.5, 0.6) is 11.5 Å². The maximum atomic E-state index is 14.0. The predicted octanol–water partition coefficient (Wildman–Crippen LogP) is 4.26. The minimum Gasteiger partial charge on any atom is -0.493 e. The number of aromatic nitrogens is 1. The number of amides is 2. The molecule has 0 aliphatic carbocycles. The molecule has 0 bridgehead atoms. The van der Waals surface area contributed by atoms with Gasteiger partial charge in [-0.05, 0) is 37.0 Å². The highest BCUT2D eigenvalue weighted by atomic mass is 16.5. The van der Waals surface area contributed by atoms with Gasteiger partial charge >= 0.3 is 0 Å². The van der Waals surface area contributed by atoms with E-state index in [1.54, 1.807) is 24.0 Å². The number of piperazine rings is 1. The SMILES string of the molecule is COc1cccc(C2CN3C(=O)CN(CCC(C)C)C(=O)C3(C)c3[nH]c4ccccc4c32)c1OC. The Bertz CT molecular complexity index is 1300. The van der Waals surface area contributed by atoms with Crippen LogP contribution in [0, 0.1) is 5.92 Å². The normalized spacial score (nSPS) is 21.9. The van der Waals surface area contributed by atoms with Crippen LogP contribution in [-0.4, -0.2) is 60.5 Å². The van der Waals surface area contributed by atoms with E-state index in [0.29, 0.717) is 30.5 Å². The van der Waals surface area contributed by atoms with Gasteiger partial charge in [0.1, 0.15) is 0 Å². The fourth-order valence-electron chi connectivity index (χ4n) is 5.74. The molecule has 3 aromatic rings. The van der Waals surface area contributed by atoms with Crippen LogP contribution in [0.1, 0.15) is 49.9 Å². The largest absolute Gasteiger partial charge is 0.493 e. The first-order valence-electron chi connectivity index (χ1n) is 12.2. The second-order valence-electron chi connectivity index (χ2n) is 10.1. The van der Waals surface area contributed by atoms with E-state index in [-0.39, 0.29) is 24.3 Å². The Labute approximate surface area is 206 Å². The molecule has 2 amide bonds. The van der Waals surface area contributed by atoms with Gasteiger partial charge in [-0.2, -0.15) is 0 Å². The average molecular weight is 476 g/mol. The third-order valence-corrected chi connectivity index (χ3v) is 7.60. The van der Waals surface area contributed by atoms with Gasteiger partial charge in [-0.25, -0.2) is 0 Å². The van der Waals surface area contributed by atoms with Gasteiger partial charge in [-0.3, -0.25) is 9.59 Å². The van der Waals surface area contributed by atoms with E-state index in [1.165, 1.54) is 0 Å². The molecule has 2 aliphatic rings. The molecule has 35 heavy (non-hydrogen) atoms. The number of ether oxygens (including phenoxy) is 2. The van der Waals surface area contributed by atoms with Crippen molar-refractivity contribution in [2.24, 2.45) is 5.92 Å². The number of fused-ring (bicyclic) bond motifs is 5. The van der Waals surface area contributed by atoms with Crippen LogP contribution in [0.15, 0.2) is 42.5 Å². The van der Waals surface area contributed by atoms with Crippen LogP contribution in [0.3, 0.4) is 0 Å². The average Bonchev–Trinajstić information content (AvgIpc) is 3.25. The zero-order valence-corrected chi connectivity index (χ0v) is 21.1. The lowest BCUT2D eigenvalue weighted by Crippen LogP contribution is -2.67. The van der Waals surface area contributed by atoms with E-state index in [0.717, 1.165) is 34.1 Å². The number of hydrogen-bond acceptors (Lipinski definition) is 4. The van der Waals surface area contributed by atoms with E-state index in [9.17, 15) is 9.59 Å². The molecule has 2 aliphatic heterocycles. The zero-order valence-electron chi connectivity index (χ0n) is 21.1. The number of H-pyrrole nitrogens is 1. The molecule has 1 saturated heterocycles. The summed E-state index contributed by atoms with van der Waals surface area (Å²) in [7, 11) is 3.25. The van der Waals surface area contributed by atoms with E-state index in [4.69, 9.17) is 9.47 Å². The standard InChI is InChI=1S/C28H33N3O4/c1-17(2)13-14-30-16-23(32)31-15-20(18-10-8-12-22(34-4)25(18)35-5)24-19-9-6-7-11-21(19)29-26(24)28(31,3)27(30)33/h6-12,17,20,29H,13-16H2,1-5H3. The van der Waals surface area contributed by atoms with Crippen LogP contribution in [0.4, 0.5) is 0 Å². The highest BCUT2D eigenvalue weighted by Gasteiger charge is 2.56. The number of rotatable bonds is 6. The number of benzene rings is 2. The molecule has 2 aromatic carbocycles. The van der Waals surface area contributed by atoms with E-state index < -0.39 is 5.54 Å². The fraction of sp³-hybridized carbons (Fsp3) is 0.429. The highest BCUT2D eigenvalue weighted by Crippen LogP contribution is 2.50. The first-order chi connectivity index (χ1) is 16.8. The summed E-state index contributed by atoms with van der Waals surface area (Å²) < 4.78 is 11.4. The van der Waals surface area contributed by atoms with E-state index in [2.05, 4.69) is 24.9 Å². The van der Waals surface area contributed by atoms with Gasteiger partial charge in [0.25, 0.3) is 5.91 Å². The molecule has 7 heteroatoms. The quantitative estimate of drug-likeness (QED) is 0.578. The van der Waals surface area contributed by atoms with Crippen LogP contribution >= 0.6 is 0 Å². The van der Waals surface area contributed by atoms with Crippen molar-refractivity contribution in [3.8, 4) is 11.5 Å². The molecular weight excluding hydrogens is 442 g/mol. The van der Waals surface area contributed by atoms with Gasteiger partial charge in [-0.1, -0.05) is 44.2 Å². The number of carbonyl (C=O) groups excluding carboxylic acids is 2. The molecule has 2 atom stereocenters. The number of para-hydroxylation sites is 2. The lowest BCUT2D eigenvalue weighted by Gasteiger charge is -2.51. The van der Waals surface area contributed by atoms with E-state index in [1.807, 2.05) is 43.3 Å². The van der Waals surface area contributed by atoms with Gasteiger partial charge < -0.3 is 24.3 Å². The maximum absolute atomic E-state index is 14.0. The summed E-state index contributed by atoms with van der Waals surface area (Å²) in [4.78, 5) is 34.6. The van der Waals surface area contributed by atoms with Crippen LogP contribution in [0.2, 0.25) is 0 Å². The highest BCUT2D eigenvalue weighted by molar-refractivity contribution is 6.01. The molecule has 2 unspecified atom stereocenters. The summed E-state index contributed by atoms with van der Waals surface area (Å²) in [6, 6.07) is 13.9. The van der Waals surface area contributed by atoms with Gasteiger partial charge in [-0.15, -0.1) is 0 Å². The van der Waals surface area contributed by atoms with Crippen molar-refractivity contribution < 1.29 is 19.1 Å². The maximum Gasteiger partial charge on any atom is 0.254 e. The number of methoxy groups -OCH3 is 2. The molecule has 184 valence electrons. The molecule has 0 saturated carbocycles. The van der Waals surface area contributed by atoms with Gasteiger partial charge in [0.15, 0.2) is 17.0 Å². The van der Waals surface area contributed by atoms with Crippen molar-refractivity contribution in [2.45, 2.75) is 38.6 Å². The van der Waals surface area contributed by atoms with Crippen LogP contribution < -0.4 is 9.47 Å². The summed E-state index contributed by atoms with van der Waals surface area (Å²) in [5.74, 6) is 1.49. The fourth-order valence-corrected chi connectivity index (χ4v) is 5.74. The topological polar surface area (TPSA) is 74.9 Å². The zero-order chi connectivity index (χ0) is 24.9. The number of nitrogens with one attached hydrogen (secondary N) is 1. The van der Waals surface area contributed by atoms with E-state index >= 15 is 0 Å². The minimum absolute atomic E-state index is 0.0263. The lowest BCUT2D eigenvalue weighted by molar-refractivity contribution is -0.166. The van der Waals surface area contributed by atoms with Crippen molar-refractivity contribution in [3.05, 3.63) is 59.3 Å². The third-order valence-electron chi connectivity index (χ3n) is 7.60. The Hall–Kier alpha value is -3.48. The molecule has 3 heterocycles. The Kier molecular flexibility index (Phi) is 5.74. The van der Waals surface area contributed by atoms with Crippen molar-refractivity contribution in [1.29, 1.82) is 0 Å². The minimum atomic E-state index is -1.09. The smallest absolute Gasteiger partial charge is 0.254 e. The molecule has 5 rings (SSSR count). The van der Waals surface area contributed by atoms with Crippen molar-refractivity contribution in [1.82, 2.24) is 14.8 Å². The van der Waals surface area contributed by atoms with Gasteiger partial charge in [0.2, 0.25) is 5.91 Å². The molecule has 1 fully saturated rings. The summed E-state index contributed by atoms with van der Waals surface area (Å²) in [5.41, 5.74) is 2.61. The first-order valence-corrected chi connectivity index (χ1v) is 12.2. The molecular formula is C28H33N3O4. The van der Waals surface area contributed by atoms with Crippen molar-refractivity contribution in [2.75, 3.05) is 33.9 Å². The molecule has 7 nitrogen and oxygen atoms in total. The lowest BCUT2D eigenvalue weighted by atomic mass is 9.76. The summed E-state index contributed by atoms with van der Waals surface area (Å²) >= 11 is 0. The Balaban J connectivity index is 1.72. The second-order valence-corrected chi connectivity index (χ2v) is 10.1. The predicted molar refractivity (Wildman–Crippen MR) is 135 cm³/mol. The van der Waals surface area contributed by atoms with Crippen molar-refractivity contribution in [3.63, 3.8) is 0 Å². The molecule has 1 N–H and O–H groups in total. The first kappa shape index (κ1) is 23.3.